The molecule has 0 aromatic heterocycles. The second-order valence-electron chi connectivity index (χ2n) is 6.69. The smallest absolute Gasteiger partial charge is 0.326 e. The number of urea groups is 1. The number of fused-ring (bicyclic) bond motifs is 1. The summed E-state index contributed by atoms with van der Waals surface area (Å²) in [6.45, 7) is 6.49. The lowest BCUT2D eigenvalue weighted by Gasteiger charge is -2.39. The van der Waals surface area contributed by atoms with Crippen molar-refractivity contribution < 1.29 is 19.4 Å². The third kappa shape index (κ3) is 3.06. The molecule has 20 heavy (non-hydrogen) atoms. The van der Waals surface area contributed by atoms with Crippen LogP contribution in [-0.2, 0) is 9.53 Å². The van der Waals surface area contributed by atoms with Crippen molar-refractivity contribution in [1.82, 2.24) is 10.2 Å². The highest BCUT2D eigenvalue weighted by Gasteiger charge is 2.40. The molecule has 2 N–H and O–H groups in total. The van der Waals surface area contributed by atoms with Crippen LogP contribution in [-0.4, -0.2) is 53.3 Å². The van der Waals surface area contributed by atoms with Crippen LogP contribution in [0.4, 0.5) is 4.79 Å². The molecular formula is C14H24N2O4. The average molecular weight is 284 g/mol. The number of aliphatic carboxylic acids is 1. The molecule has 0 aromatic rings. The number of carbonyl (C=O) groups excluding carboxylic acids is 1. The molecule has 6 heteroatoms. The minimum Gasteiger partial charge on any atom is -0.480 e. The van der Waals surface area contributed by atoms with E-state index in [1.807, 2.05) is 20.8 Å². The summed E-state index contributed by atoms with van der Waals surface area (Å²) in [7, 11) is 0. The number of hydrogen-bond donors (Lipinski definition) is 2. The normalized spacial score (nSPS) is 27.9. The number of nitrogens with zero attached hydrogens (tertiary/aromatic N) is 1. The first kappa shape index (κ1) is 15.1. The number of nitrogens with one attached hydrogen (secondary N) is 1. The molecule has 114 valence electrons. The second-order valence-corrected chi connectivity index (χ2v) is 6.69. The molecule has 2 aliphatic rings. The van der Waals surface area contributed by atoms with Crippen LogP contribution in [0.3, 0.4) is 0 Å². The zero-order chi connectivity index (χ0) is 14.9. The Hall–Kier alpha value is -1.30. The van der Waals surface area contributed by atoms with Gasteiger partial charge in [0.15, 0.2) is 0 Å². The molecule has 2 fully saturated rings. The maximum atomic E-state index is 12.4. The Balaban J connectivity index is 2.05. The predicted molar refractivity (Wildman–Crippen MR) is 73.5 cm³/mol. The van der Waals surface area contributed by atoms with Gasteiger partial charge < -0.3 is 20.1 Å². The first-order valence-corrected chi connectivity index (χ1v) is 7.22. The van der Waals surface area contributed by atoms with E-state index in [9.17, 15) is 14.7 Å². The largest absolute Gasteiger partial charge is 0.480 e. The summed E-state index contributed by atoms with van der Waals surface area (Å²) in [5, 5.41) is 12.0. The summed E-state index contributed by atoms with van der Waals surface area (Å²) in [6.07, 6.45) is 3.09. The van der Waals surface area contributed by atoms with E-state index in [4.69, 9.17) is 4.74 Å². The molecule has 0 spiro atoms. The molecule has 1 saturated carbocycles. The summed E-state index contributed by atoms with van der Waals surface area (Å²) in [6, 6.07) is -1.08. The van der Waals surface area contributed by atoms with Gasteiger partial charge in [-0.15, -0.1) is 0 Å². The molecule has 0 aromatic carbocycles. The van der Waals surface area contributed by atoms with Gasteiger partial charge in [0.25, 0.3) is 0 Å². The Morgan fingerprint density at radius 3 is 2.65 bits per heavy atom. The number of hydrogen-bond acceptors (Lipinski definition) is 3. The monoisotopic (exact) mass is 284 g/mol. The van der Waals surface area contributed by atoms with E-state index in [0.717, 1.165) is 19.3 Å². The van der Waals surface area contributed by atoms with E-state index >= 15 is 0 Å². The molecule has 1 heterocycles. The summed E-state index contributed by atoms with van der Waals surface area (Å²) in [5.74, 6) is -0.998. The molecule has 3 atom stereocenters. The van der Waals surface area contributed by atoms with Crippen molar-refractivity contribution in [3.63, 3.8) is 0 Å². The molecular weight excluding hydrogens is 260 g/mol. The first-order chi connectivity index (χ1) is 9.30. The van der Waals surface area contributed by atoms with Crippen molar-refractivity contribution in [1.29, 1.82) is 0 Å². The summed E-state index contributed by atoms with van der Waals surface area (Å²) in [4.78, 5) is 25.5. The predicted octanol–water partition coefficient (Wildman–Crippen LogP) is 1.45. The average Bonchev–Trinajstić information content (AvgIpc) is 2.81. The number of carboxylic acids is 1. The van der Waals surface area contributed by atoms with E-state index in [1.54, 1.807) is 4.90 Å². The van der Waals surface area contributed by atoms with Gasteiger partial charge in [-0.2, -0.15) is 0 Å². The molecule has 0 bridgehead atoms. The van der Waals surface area contributed by atoms with Crippen LogP contribution in [0.5, 0.6) is 0 Å². The molecule has 1 aliphatic heterocycles. The van der Waals surface area contributed by atoms with Crippen molar-refractivity contribution in [2.24, 2.45) is 5.41 Å². The third-order valence-electron chi connectivity index (χ3n) is 4.12. The maximum absolute atomic E-state index is 12.4. The quantitative estimate of drug-likeness (QED) is 0.804. The highest BCUT2D eigenvalue weighted by molar-refractivity contribution is 5.83. The topological polar surface area (TPSA) is 78.9 Å². The zero-order valence-corrected chi connectivity index (χ0v) is 12.4. The Kier molecular flexibility index (Phi) is 4.22. The van der Waals surface area contributed by atoms with Crippen LogP contribution in [0.15, 0.2) is 0 Å². The van der Waals surface area contributed by atoms with Crippen molar-refractivity contribution in [3.05, 3.63) is 0 Å². The van der Waals surface area contributed by atoms with Gasteiger partial charge in [-0.05, 0) is 24.7 Å². The fraction of sp³-hybridized carbons (Fsp3) is 0.857. The Morgan fingerprint density at radius 1 is 1.35 bits per heavy atom. The van der Waals surface area contributed by atoms with E-state index in [2.05, 4.69) is 5.32 Å². The van der Waals surface area contributed by atoms with Crippen LogP contribution in [0.25, 0.3) is 0 Å². The minimum absolute atomic E-state index is 0.0955. The van der Waals surface area contributed by atoms with Gasteiger partial charge in [0.05, 0.1) is 18.8 Å². The van der Waals surface area contributed by atoms with E-state index < -0.39 is 17.4 Å². The van der Waals surface area contributed by atoms with Crippen molar-refractivity contribution in [2.45, 2.75) is 58.2 Å². The standard InChI is InChI=1S/C14H24N2O4/c1-14(2,3)11(12(17)18)15-13(19)16-7-8-20-10-6-4-5-9(10)16/h9-11H,4-8H2,1-3H3,(H,15,19)(H,17,18)/t9?,10?,11-/m1/s1. The number of amides is 2. The maximum Gasteiger partial charge on any atom is 0.326 e. The second kappa shape index (κ2) is 5.60. The fourth-order valence-electron chi connectivity index (χ4n) is 3.03. The number of morpholine rings is 1. The Bertz CT molecular complexity index is 391. The molecule has 0 radical (unpaired) electrons. The molecule has 1 saturated heterocycles. The van der Waals surface area contributed by atoms with Crippen LogP contribution >= 0.6 is 0 Å². The highest BCUT2D eigenvalue weighted by Crippen LogP contribution is 2.30. The van der Waals surface area contributed by atoms with Gasteiger partial charge in [0.2, 0.25) is 0 Å². The molecule has 2 amide bonds. The molecule has 1 aliphatic carbocycles. The van der Waals surface area contributed by atoms with Crippen LogP contribution in [0.2, 0.25) is 0 Å². The minimum atomic E-state index is -0.998. The lowest BCUT2D eigenvalue weighted by atomic mass is 9.87. The fourth-order valence-corrected chi connectivity index (χ4v) is 3.03. The summed E-state index contributed by atoms with van der Waals surface area (Å²) < 4.78 is 5.66. The van der Waals surface area contributed by atoms with Gasteiger partial charge in [-0.25, -0.2) is 9.59 Å². The molecule has 6 nitrogen and oxygen atoms in total. The lowest BCUT2D eigenvalue weighted by molar-refractivity contribution is -0.142. The number of carboxylic acid groups (broad SMARTS) is 1. The van der Waals surface area contributed by atoms with E-state index in [1.165, 1.54) is 0 Å². The van der Waals surface area contributed by atoms with Crippen LogP contribution < -0.4 is 5.32 Å². The van der Waals surface area contributed by atoms with Crippen molar-refractivity contribution in [3.8, 4) is 0 Å². The lowest BCUT2D eigenvalue weighted by Crippen LogP contribution is -2.59. The Morgan fingerprint density at radius 2 is 2.05 bits per heavy atom. The van der Waals surface area contributed by atoms with Crippen LogP contribution in [0, 0.1) is 5.41 Å². The number of carbonyl (C=O) groups is 2. The highest BCUT2D eigenvalue weighted by atomic mass is 16.5. The van der Waals surface area contributed by atoms with E-state index in [0.29, 0.717) is 13.2 Å². The van der Waals surface area contributed by atoms with Gasteiger partial charge in [-0.3, -0.25) is 0 Å². The summed E-state index contributed by atoms with van der Waals surface area (Å²) in [5.41, 5.74) is -0.525. The first-order valence-electron chi connectivity index (χ1n) is 7.22. The SMILES string of the molecule is CC(C)(C)[C@H](NC(=O)N1CCOC2CCCC21)C(=O)O. The van der Waals surface area contributed by atoms with Gasteiger partial charge in [0.1, 0.15) is 6.04 Å². The van der Waals surface area contributed by atoms with Crippen LogP contribution in [0.1, 0.15) is 40.0 Å². The third-order valence-corrected chi connectivity index (χ3v) is 4.12. The zero-order valence-electron chi connectivity index (χ0n) is 12.4. The van der Waals surface area contributed by atoms with Gasteiger partial charge in [-0.1, -0.05) is 20.8 Å². The molecule has 2 unspecified atom stereocenters. The molecule has 2 rings (SSSR count). The van der Waals surface area contributed by atoms with Crippen molar-refractivity contribution >= 4 is 12.0 Å². The number of ether oxygens (including phenoxy) is 1. The Labute approximate surface area is 119 Å². The summed E-state index contributed by atoms with van der Waals surface area (Å²) >= 11 is 0. The van der Waals surface area contributed by atoms with Gasteiger partial charge >= 0.3 is 12.0 Å². The van der Waals surface area contributed by atoms with Crippen molar-refractivity contribution in [2.75, 3.05) is 13.2 Å². The van der Waals surface area contributed by atoms with Gasteiger partial charge in [0, 0.05) is 6.54 Å². The van der Waals surface area contributed by atoms with E-state index in [-0.39, 0.29) is 18.2 Å². The number of rotatable bonds is 2.